The van der Waals surface area contributed by atoms with Crippen LogP contribution in [-0.4, -0.2) is 23.4 Å². The van der Waals surface area contributed by atoms with Gasteiger partial charge in [-0.1, -0.05) is 23.4 Å². The molecule has 6 nitrogen and oxygen atoms in total. The van der Waals surface area contributed by atoms with Crippen molar-refractivity contribution in [2.24, 2.45) is 7.05 Å². The van der Waals surface area contributed by atoms with Gasteiger partial charge in [0.2, 0.25) is 0 Å². The van der Waals surface area contributed by atoms with Crippen LogP contribution in [-0.2, 0) is 17.1 Å². The van der Waals surface area contributed by atoms with Gasteiger partial charge in [0.15, 0.2) is 5.82 Å². The fourth-order valence-electron chi connectivity index (χ4n) is 1.18. The Bertz CT molecular complexity index is 577. The van der Waals surface area contributed by atoms with Gasteiger partial charge in [0.25, 0.3) is 10.0 Å². The molecular formula is C9H10N4O2S. The van der Waals surface area contributed by atoms with Crippen LogP contribution >= 0.6 is 0 Å². The number of hydrogen-bond acceptors (Lipinski definition) is 4. The van der Waals surface area contributed by atoms with Gasteiger partial charge in [-0.25, -0.2) is 13.1 Å². The minimum absolute atomic E-state index is 0.205. The maximum Gasteiger partial charge on any atom is 0.263 e. The molecule has 0 amide bonds. The van der Waals surface area contributed by atoms with E-state index in [2.05, 4.69) is 15.0 Å². The Labute approximate surface area is 93.0 Å². The predicted octanol–water partition coefficient (Wildman–Crippen LogP) is 0.616. The molecule has 0 aliphatic heterocycles. The van der Waals surface area contributed by atoms with Gasteiger partial charge in [0.05, 0.1) is 11.1 Å². The quantitative estimate of drug-likeness (QED) is 0.850. The second kappa shape index (κ2) is 3.93. The lowest BCUT2D eigenvalue weighted by Gasteiger charge is -2.06. The Balaban J connectivity index is 2.32. The van der Waals surface area contributed by atoms with Crippen molar-refractivity contribution in [1.82, 2.24) is 15.0 Å². The lowest BCUT2D eigenvalue weighted by atomic mass is 10.4. The molecule has 16 heavy (non-hydrogen) atoms. The topological polar surface area (TPSA) is 76.9 Å². The summed E-state index contributed by atoms with van der Waals surface area (Å²) in [6, 6.07) is 8.12. The minimum Gasteiger partial charge on any atom is -0.262 e. The van der Waals surface area contributed by atoms with Gasteiger partial charge >= 0.3 is 0 Å². The van der Waals surface area contributed by atoms with Crippen LogP contribution in [0.4, 0.5) is 5.82 Å². The van der Waals surface area contributed by atoms with E-state index in [1.165, 1.54) is 23.0 Å². The Morgan fingerprint density at radius 2 is 1.94 bits per heavy atom. The van der Waals surface area contributed by atoms with Crippen molar-refractivity contribution in [2.75, 3.05) is 4.72 Å². The molecule has 0 saturated heterocycles. The number of sulfonamides is 1. The average Bonchev–Trinajstić information content (AvgIpc) is 2.65. The van der Waals surface area contributed by atoms with E-state index in [4.69, 9.17) is 0 Å². The Morgan fingerprint density at radius 3 is 2.50 bits per heavy atom. The summed E-state index contributed by atoms with van der Waals surface area (Å²) in [5.41, 5.74) is 0. The molecule has 84 valence electrons. The maximum absolute atomic E-state index is 11.9. The fraction of sp³-hybridized carbons (Fsp3) is 0.111. The summed E-state index contributed by atoms with van der Waals surface area (Å²) in [4.78, 5) is 0.205. The average molecular weight is 238 g/mol. The molecule has 0 atom stereocenters. The van der Waals surface area contributed by atoms with E-state index < -0.39 is 10.0 Å². The first-order chi connectivity index (χ1) is 7.59. The first-order valence-corrected chi connectivity index (χ1v) is 6.00. The van der Waals surface area contributed by atoms with Crippen molar-refractivity contribution in [3.8, 4) is 0 Å². The van der Waals surface area contributed by atoms with Gasteiger partial charge in [-0.3, -0.25) is 4.72 Å². The first kappa shape index (κ1) is 10.6. The van der Waals surface area contributed by atoms with E-state index in [0.717, 1.165) is 0 Å². The summed E-state index contributed by atoms with van der Waals surface area (Å²) in [6.07, 6.45) is 1.35. The van der Waals surface area contributed by atoms with Crippen molar-refractivity contribution < 1.29 is 8.42 Å². The molecule has 0 bridgehead atoms. The highest BCUT2D eigenvalue weighted by atomic mass is 32.2. The van der Waals surface area contributed by atoms with Crippen molar-refractivity contribution in [3.63, 3.8) is 0 Å². The summed E-state index contributed by atoms with van der Waals surface area (Å²) < 4.78 is 27.5. The van der Waals surface area contributed by atoms with E-state index in [9.17, 15) is 8.42 Å². The smallest absolute Gasteiger partial charge is 0.262 e. The third kappa shape index (κ3) is 2.03. The lowest BCUT2D eigenvalue weighted by Crippen LogP contribution is -2.15. The molecule has 0 radical (unpaired) electrons. The van der Waals surface area contributed by atoms with Gasteiger partial charge in [-0.15, -0.1) is 5.10 Å². The number of nitrogens with one attached hydrogen (secondary N) is 1. The zero-order chi connectivity index (χ0) is 11.6. The van der Waals surface area contributed by atoms with Crippen LogP contribution in [0.1, 0.15) is 0 Å². The molecule has 1 aromatic carbocycles. The minimum atomic E-state index is -3.56. The van der Waals surface area contributed by atoms with Crippen LogP contribution in [0.2, 0.25) is 0 Å². The monoisotopic (exact) mass is 238 g/mol. The van der Waals surface area contributed by atoms with Crippen LogP contribution in [0.3, 0.4) is 0 Å². The van der Waals surface area contributed by atoms with Gasteiger partial charge < -0.3 is 0 Å². The second-order valence-corrected chi connectivity index (χ2v) is 4.84. The van der Waals surface area contributed by atoms with E-state index in [-0.39, 0.29) is 4.90 Å². The molecule has 0 fully saturated rings. The van der Waals surface area contributed by atoms with E-state index >= 15 is 0 Å². The van der Waals surface area contributed by atoms with Crippen LogP contribution in [0, 0.1) is 0 Å². The van der Waals surface area contributed by atoms with Gasteiger partial charge in [0, 0.05) is 7.05 Å². The molecule has 0 saturated carbocycles. The molecule has 7 heteroatoms. The largest absolute Gasteiger partial charge is 0.263 e. The fourth-order valence-corrected chi connectivity index (χ4v) is 2.27. The summed E-state index contributed by atoms with van der Waals surface area (Å²) in [5, 5.41) is 7.22. The molecule has 0 aliphatic carbocycles. The third-order valence-electron chi connectivity index (χ3n) is 2.01. The summed E-state index contributed by atoms with van der Waals surface area (Å²) in [5.74, 6) is 0.323. The third-order valence-corrected chi connectivity index (χ3v) is 3.38. The van der Waals surface area contributed by atoms with E-state index in [1.54, 1.807) is 25.2 Å². The normalized spacial score (nSPS) is 11.3. The standard InChI is InChI=1S/C9H10N4O2S/c1-13-9(7-10-12-13)11-16(14,15)8-5-3-2-4-6-8/h2-7,11H,1H3. The summed E-state index contributed by atoms with van der Waals surface area (Å²) >= 11 is 0. The molecular weight excluding hydrogens is 228 g/mol. The highest BCUT2D eigenvalue weighted by molar-refractivity contribution is 7.92. The zero-order valence-corrected chi connectivity index (χ0v) is 9.35. The van der Waals surface area contributed by atoms with E-state index in [1.807, 2.05) is 0 Å². The number of hydrogen-bond donors (Lipinski definition) is 1. The van der Waals surface area contributed by atoms with Gasteiger partial charge in [-0.05, 0) is 12.1 Å². The number of aromatic nitrogens is 3. The van der Waals surface area contributed by atoms with Crippen molar-refractivity contribution >= 4 is 15.8 Å². The molecule has 1 aromatic heterocycles. The first-order valence-electron chi connectivity index (χ1n) is 4.52. The van der Waals surface area contributed by atoms with Gasteiger partial charge in [0.1, 0.15) is 0 Å². The van der Waals surface area contributed by atoms with Crippen LogP contribution < -0.4 is 4.72 Å². The molecule has 1 N–H and O–H groups in total. The number of benzene rings is 1. The molecule has 0 aliphatic rings. The maximum atomic E-state index is 11.9. The number of rotatable bonds is 3. The molecule has 0 unspecified atom stereocenters. The highest BCUT2D eigenvalue weighted by Crippen LogP contribution is 2.13. The Hall–Kier alpha value is -1.89. The summed E-state index contributed by atoms with van der Waals surface area (Å²) in [6.45, 7) is 0. The van der Waals surface area contributed by atoms with Crippen molar-refractivity contribution in [1.29, 1.82) is 0 Å². The SMILES string of the molecule is Cn1nncc1NS(=O)(=O)c1ccccc1. The Morgan fingerprint density at radius 1 is 1.25 bits per heavy atom. The lowest BCUT2D eigenvalue weighted by molar-refractivity contribution is 0.600. The van der Waals surface area contributed by atoms with Crippen LogP contribution in [0.5, 0.6) is 0 Å². The van der Waals surface area contributed by atoms with Crippen molar-refractivity contribution in [2.45, 2.75) is 4.90 Å². The van der Waals surface area contributed by atoms with Crippen LogP contribution in [0.15, 0.2) is 41.4 Å². The zero-order valence-electron chi connectivity index (χ0n) is 8.53. The Kier molecular flexibility index (Phi) is 2.61. The second-order valence-electron chi connectivity index (χ2n) is 3.16. The van der Waals surface area contributed by atoms with E-state index in [0.29, 0.717) is 5.82 Å². The number of nitrogens with zero attached hydrogens (tertiary/aromatic N) is 3. The highest BCUT2D eigenvalue weighted by Gasteiger charge is 2.15. The van der Waals surface area contributed by atoms with Gasteiger partial charge in [-0.2, -0.15) is 0 Å². The molecule has 0 spiro atoms. The number of aryl methyl sites for hydroxylation is 1. The van der Waals surface area contributed by atoms with Crippen LogP contribution in [0.25, 0.3) is 0 Å². The predicted molar refractivity (Wildman–Crippen MR) is 58.3 cm³/mol. The number of anilines is 1. The molecule has 2 rings (SSSR count). The molecule has 1 heterocycles. The summed E-state index contributed by atoms with van der Waals surface area (Å²) in [7, 11) is -1.95. The molecule has 2 aromatic rings. The van der Waals surface area contributed by atoms with Crippen molar-refractivity contribution in [3.05, 3.63) is 36.5 Å².